The van der Waals surface area contributed by atoms with E-state index in [0.29, 0.717) is 12.1 Å². The van der Waals surface area contributed by atoms with E-state index >= 15 is 0 Å². The molecule has 0 aliphatic carbocycles. The lowest BCUT2D eigenvalue weighted by Gasteiger charge is -2.34. The van der Waals surface area contributed by atoms with Crippen LogP contribution in [0.2, 0.25) is 0 Å². The Morgan fingerprint density at radius 3 is 2.66 bits per heavy atom. The van der Waals surface area contributed by atoms with E-state index in [1.807, 2.05) is 29.2 Å². The Hall–Kier alpha value is -3.57. The van der Waals surface area contributed by atoms with Gasteiger partial charge in [0.05, 0.1) is 12.4 Å². The highest BCUT2D eigenvalue weighted by molar-refractivity contribution is 6.04. The van der Waals surface area contributed by atoms with Gasteiger partial charge in [0.25, 0.3) is 11.8 Å². The van der Waals surface area contributed by atoms with Crippen LogP contribution in [0.15, 0.2) is 36.7 Å². The van der Waals surface area contributed by atoms with Gasteiger partial charge < -0.3 is 26.2 Å². The van der Waals surface area contributed by atoms with Gasteiger partial charge in [-0.2, -0.15) is 0 Å². The number of rotatable bonds is 4. The summed E-state index contributed by atoms with van der Waals surface area (Å²) in [4.78, 5) is 34.1. The normalized spacial score (nSPS) is 21.3. The fourth-order valence-corrected chi connectivity index (χ4v) is 4.86. The SMILES string of the molecule is CN1CCN(C(=O)c2ccc(C3CCNCC3NC(=O)c3c(N)nn4cc(F)cnc34)cc2)CC1. The topological polar surface area (TPSA) is 121 Å². The number of amides is 2. The fourth-order valence-electron chi connectivity index (χ4n) is 4.86. The third kappa shape index (κ3) is 4.69. The van der Waals surface area contributed by atoms with E-state index in [-0.39, 0.29) is 34.9 Å². The number of nitrogens with zero attached hydrogens (tertiary/aromatic N) is 5. The Kier molecular flexibility index (Phi) is 6.35. The fraction of sp³-hybridized carbons (Fsp3) is 0.417. The molecule has 0 saturated carbocycles. The van der Waals surface area contributed by atoms with Crippen molar-refractivity contribution in [3.63, 3.8) is 0 Å². The minimum Gasteiger partial charge on any atom is -0.381 e. The number of piperazine rings is 1. The summed E-state index contributed by atoms with van der Waals surface area (Å²) in [6.45, 7) is 4.61. The molecule has 1 aromatic carbocycles. The first-order valence-electron chi connectivity index (χ1n) is 11.8. The second kappa shape index (κ2) is 9.59. The second-order valence-electron chi connectivity index (χ2n) is 9.20. The van der Waals surface area contributed by atoms with Gasteiger partial charge in [0.2, 0.25) is 0 Å². The first-order chi connectivity index (χ1) is 16.9. The standard InChI is InChI=1S/C24H29FN8O2/c1-31-8-10-32(11-9-31)24(35)16-4-2-15(3-5-16)18-6-7-27-13-19(18)29-23(34)20-21(26)30-33-14-17(25)12-28-22(20)33/h2-5,12,14,18-19,27H,6-11,13H2,1H3,(H2,26,30)(H,29,34). The molecule has 10 nitrogen and oxygen atoms in total. The molecule has 2 aliphatic heterocycles. The summed E-state index contributed by atoms with van der Waals surface area (Å²) in [5.74, 6) is -0.878. The van der Waals surface area contributed by atoms with Crippen LogP contribution in [0, 0.1) is 5.82 Å². The van der Waals surface area contributed by atoms with Crippen LogP contribution in [0.3, 0.4) is 0 Å². The summed E-state index contributed by atoms with van der Waals surface area (Å²) >= 11 is 0. The molecular weight excluding hydrogens is 451 g/mol. The van der Waals surface area contributed by atoms with Crippen LogP contribution in [-0.4, -0.2) is 88.6 Å². The van der Waals surface area contributed by atoms with Crippen LogP contribution in [-0.2, 0) is 0 Å². The maximum Gasteiger partial charge on any atom is 0.259 e. The van der Waals surface area contributed by atoms with E-state index in [4.69, 9.17) is 5.73 Å². The van der Waals surface area contributed by atoms with Crippen molar-refractivity contribution in [3.8, 4) is 0 Å². The number of carbonyl (C=O) groups is 2. The Bertz CT molecular complexity index is 1240. The van der Waals surface area contributed by atoms with Gasteiger partial charge in [-0.25, -0.2) is 13.9 Å². The maximum atomic E-state index is 13.5. The number of hydrogen-bond donors (Lipinski definition) is 3. The van der Waals surface area contributed by atoms with E-state index in [1.165, 1.54) is 4.52 Å². The molecule has 0 radical (unpaired) electrons. The van der Waals surface area contributed by atoms with Crippen molar-refractivity contribution in [2.45, 2.75) is 18.4 Å². The van der Waals surface area contributed by atoms with Gasteiger partial charge in [-0.15, -0.1) is 5.10 Å². The summed E-state index contributed by atoms with van der Waals surface area (Å²) in [5.41, 5.74) is 8.02. The molecule has 0 bridgehead atoms. The van der Waals surface area contributed by atoms with Gasteiger partial charge in [-0.1, -0.05) is 12.1 Å². The third-order valence-corrected chi connectivity index (χ3v) is 6.87. The molecule has 0 spiro atoms. The number of hydrogen-bond acceptors (Lipinski definition) is 7. The number of nitrogens with two attached hydrogens (primary N) is 1. The molecule has 2 fully saturated rings. The Morgan fingerprint density at radius 2 is 1.91 bits per heavy atom. The van der Waals surface area contributed by atoms with Gasteiger partial charge in [0, 0.05) is 50.2 Å². The van der Waals surface area contributed by atoms with Gasteiger partial charge in [-0.05, 0) is 37.7 Å². The quantitative estimate of drug-likeness (QED) is 0.503. The summed E-state index contributed by atoms with van der Waals surface area (Å²) in [5, 5.41) is 10.4. The smallest absolute Gasteiger partial charge is 0.259 e. The summed E-state index contributed by atoms with van der Waals surface area (Å²) < 4.78 is 14.7. The van der Waals surface area contributed by atoms with Crippen LogP contribution in [0.5, 0.6) is 0 Å². The zero-order valence-electron chi connectivity index (χ0n) is 19.6. The predicted octanol–water partition coefficient (Wildman–Crippen LogP) is 0.714. The lowest BCUT2D eigenvalue weighted by atomic mass is 9.85. The number of anilines is 1. The molecule has 5 rings (SSSR count). The molecule has 2 unspecified atom stereocenters. The molecule has 3 aromatic rings. The van der Waals surface area contributed by atoms with E-state index < -0.39 is 11.7 Å². The van der Waals surface area contributed by atoms with E-state index in [0.717, 1.165) is 57.1 Å². The molecule has 4 heterocycles. The largest absolute Gasteiger partial charge is 0.381 e. The number of halogens is 1. The zero-order valence-corrected chi connectivity index (χ0v) is 19.6. The number of nitrogens with one attached hydrogen (secondary N) is 2. The molecule has 2 atom stereocenters. The van der Waals surface area contributed by atoms with Gasteiger partial charge in [0.15, 0.2) is 17.3 Å². The number of piperidine rings is 1. The van der Waals surface area contributed by atoms with Crippen LogP contribution in [0.25, 0.3) is 5.65 Å². The Morgan fingerprint density at radius 1 is 1.17 bits per heavy atom. The number of fused-ring (bicyclic) bond motifs is 1. The minimum atomic E-state index is -0.571. The lowest BCUT2D eigenvalue weighted by molar-refractivity contribution is 0.0664. The minimum absolute atomic E-state index is 0.00677. The van der Waals surface area contributed by atoms with E-state index in [1.54, 1.807) is 0 Å². The Labute approximate surface area is 202 Å². The van der Waals surface area contributed by atoms with Crippen molar-refractivity contribution >= 4 is 23.3 Å². The number of benzene rings is 1. The van der Waals surface area contributed by atoms with Crippen molar-refractivity contribution in [2.75, 3.05) is 52.0 Å². The lowest BCUT2D eigenvalue weighted by Crippen LogP contribution is -2.50. The van der Waals surface area contributed by atoms with E-state index in [2.05, 4.69) is 32.7 Å². The van der Waals surface area contributed by atoms with Crippen LogP contribution < -0.4 is 16.4 Å². The maximum absolute atomic E-state index is 13.5. The van der Waals surface area contributed by atoms with Crippen LogP contribution >= 0.6 is 0 Å². The molecule has 4 N–H and O–H groups in total. The van der Waals surface area contributed by atoms with Crippen LogP contribution in [0.1, 0.15) is 38.6 Å². The molecule has 35 heavy (non-hydrogen) atoms. The van der Waals surface area contributed by atoms with Crippen molar-refractivity contribution in [2.24, 2.45) is 0 Å². The average molecular weight is 481 g/mol. The highest BCUT2D eigenvalue weighted by atomic mass is 19.1. The summed E-state index contributed by atoms with van der Waals surface area (Å²) in [7, 11) is 2.06. The van der Waals surface area contributed by atoms with Gasteiger partial charge in [-0.3, -0.25) is 9.59 Å². The average Bonchev–Trinajstić information content (AvgIpc) is 3.19. The number of likely N-dealkylation sites (N-methyl/N-ethyl adjacent to an activating group) is 1. The van der Waals surface area contributed by atoms with Crippen molar-refractivity contribution in [3.05, 3.63) is 59.2 Å². The second-order valence-corrected chi connectivity index (χ2v) is 9.20. The third-order valence-electron chi connectivity index (χ3n) is 6.87. The molecule has 184 valence electrons. The van der Waals surface area contributed by atoms with E-state index in [9.17, 15) is 14.0 Å². The molecule has 2 saturated heterocycles. The van der Waals surface area contributed by atoms with Crippen molar-refractivity contribution in [1.29, 1.82) is 0 Å². The zero-order chi connectivity index (χ0) is 24.5. The molecule has 2 amide bonds. The predicted molar refractivity (Wildman–Crippen MR) is 129 cm³/mol. The van der Waals surface area contributed by atoms with Crippen molar-refractivity contribution < 1.29 is 14.0 Å². The molecule has 2 aromatic heterocycles. The molecule has 2 aliphatic rings. The number of nitrogen functional groups attached to an aromatic ring is 1. The highest BCUT2D eigenvalue weighted by Gasteiger charge is 2.30. The first-order valence-corrected chi connectivity index (χ1v) is 11.8. The molecular formula is C24H29FN8O2. The Balaban J connectivity index is 1.31. The summed E-state index contributed by atoms with van der Waals surface area (Å²) in [6.07, 6.45) is 2.99. The molecule has 11 heteroatoms. The monoisotopic (exact) mass is 480 g/mol. The summed E-state index contributed by atoms with van der Waals surface area (Å²) in [6, 6.07) is 7.50. The number of carbonyl (C=O) groups excluding carboxylic acids is 2. The first kappa shape index (κ1) is 23.2. The highest BCUT2D eigenvalue weighted by Crippen LogP contribution is 2.27. The van der Waals surface area contributed by atoms with Gasteiger partial charge in [0.1, 0.15) is 5.56 Å². The van der Waals surface area contributed by atoms with Gasteiger partial charge >= 0.3 is 0 Å². The van der Waals surface area contributed by atoms with Crippen molar-refractivity contribution in [1.82, 2.24) is 35.0 Å². The number of aromatic nitrogens is 3. The van der Waals surface area contributed by atoms with Crippen LogP contribution in [0.4, 0.5) is 10.2 Å².